The Bertz CT molecular complexity index is 590. The first-order valence-corrected chi connectivity index (χ1v) is 8.48. The van der Waals surface area contributed by atoms with Crippen molar-refractivity contribution in [3.05, 3.63) is 35.9 Å². The predicted octanol–water partition coefficient (Wildman–Crippen LogP) is 1.73. The number of aliphatic hydroxyl groups is 1. The van der Waals surface area contributed by atoms with E-state index >= 15 is 0 Å². The van der Waals surface area contributed by atoms with Gasteiger partial charge in [-0.1, -0.05) is 30.3 Å². The Hall–Kier alpha value is -1.92. The van der Waals surface area contributed by atoms with E-state index in [0.717, 1.165) is 18.4 Å². The summed E-state index contributed by atoms with van der Waals surface area (Å²) in [4.78, 5) is 25.4. The number of hydrogen-bond acceptors (Lipinski definition) is 4. The summed E-state index contributed by atoms with van der Waals surface area (Å²) in [5.41, 5.74) is 0.847. The Morgan fingerprint density at radius 1 is 1.17 bits per heavy atom. The quantitative estimate of drug-likeness (QED) is 0.857. The highest BCUT2D eigenvalue weighted by molar-refractivity contribution is 5.83. The van der Waals surface area contributed by atoms with Crippen LogP contribution in [0.25, 0.3) is 0 Å². The molecule has 1 aromatic carbocycles. The lowest BCUT2D eigenvalue weighted by Gasteiger charge is -2.28. The van der Waals surface area contributed by atoms with Crippen LogP contribution in [0.1, 0.15) is 43.8 Å². The first-order valence-electron chi connectivity index (χ1n) is 8.48. The summed E-state index contributed by atoms with van der Waals surface area (Å²) in [5.74, 6) is -1.15. The SMILES string of the molecule is O=C(O)[C@H]1CC[C@@H](C(=O)N2CCCC2CC(O)c2ccccc2)O1. The maximum atomic E-state index is 12.7. The van der Waals surface area contributed by atoms with Gasteiger partial charge in [-0.2, -0.15) is 0 Å². The standard InChI is InChI=1S/C18H23NO5/c20-14(12-5-2-1-3-6-12)11-13-7-4-10-19(13)17(21)15-8-9-16(24-15)18(22)23/h1-3,5-6,13-16,20H,4,7-11H2,(H,22,23)/t13?,14?,15-,16+/m0/s1. The maximum Gasteiger partial charge on any atom is 0.332 e. The van der Waals surface area contributed by atoms with Crippen molar-refractivity contribution in [3.8, 4) is 0 Å². The van der Waals surface area contributed by atoms with Gasteiger partial charge in [0.1, 0.15) is 6.10 Å². The van der Waals surface area contributed by atoms with Crippen LogP contribution in [0.15, 0.2) is 30.3 Å². The molecule has 6 nitrogen and oxygen atoms in total. The van der Waals surface area contributed by atoms with Gasteiger partial charge in [0, 0.05) is 12.6 Å². The minimum Gasteiger partial charge on any atom is -0.479 e. The lowest BCUT2D eigenvalue weighted by molar-refractivity contribution is -0.155. The van der Waals surface area contributed by atoms with Gasteiger partial charge in [-0.3, -0.25) is 4.79 Å². The number of rotatable bonds is 5. The van der Waals surface area contributed by atoms with Crippen molar-refractivity contribution < 1.29 is 24.5 Å². The molecule has 6 heteroatoms. The molecule has 0 spiro atoms. The number of benzene rings is 1. The molecule has 1 amide bonds. The number of hydrogen-bond donors (Lipinski definition) is 2. The van der Waals surface area contributed by atoms with Gasteiger partial charge < -0.3 is 19.8 Å². The van der Waals surface area contributed by atoms with E-state index in [1.54, 1.807) is 4.90 Å². The number of carbonyl (C=O) groups excluding carboxylic acids is 1. The van der Waals surface area contributed by atoms with Gasteiger partial charge in [0.2, 0.25) is 0 Å². The van der Waals surface area contributed by atoms with Crippen molar-refractivity contribution in [2.24, 2.45) is 0 Å². The van der Waals surface area contributed by atoms with Crippen LogP contribution in [-0.4, -0.2) is 51.8 Å². The number of ether oxygens (including phenoxy) is 1. The Morgan fingerprint density at radius 2 is 1.88 bits per heavy atom. The fourth-order valence-electron chi connectivity index (χ4n) is 3.63. The topological polar surface area (TPSA) is 87.1 Å². The molecule has 0 saturated carbocycles. The molecular formula is C18H23NO5. The summed E-state index contributed by atoms with van der Waals surface area (Å²) < 4.78 is 5.38. The summed E-state index contributed by atoms with van der Waals surface area (Å²) in [7, 11) is 0. The lowest BCUT2D eigenvalue weighted by atomic mass is 10.00. The molecule has 0 radical (unpaired) electrons. The van der Waals surface area contributed by atoms with Gasteiger partial charge in [0.05, 0.1) is 6.10 Å². The van der Waals surface area contributed by atoms with E-state index in [2.05, 4.69) is 0 Å². The van der Waals surface area contributed by atoms with Crippen LogP contribution < -0.4 is 0 Å². The van der Waals surface area contributed by atoms with Gasteiger partial charge in [0.15, 0.2) is 6.10 Å². The van der Waals surface area contributed by atoms with Crippen LogP contribution in [-0.2, 0) is 14.3 Å². The molecule has 0 aromatic heterocycles. The van der Waals surface area contributed by atoms with E-state index in [1.807, 2.05) is 30.3 Å². The van der Waals surface area contributed by atoms with Crippen LogP contribution in [0.3, 0.4) is 0 Å². The first-order chi connectivity index (χ1) is 11.6. The molecule has 24 heavy (non-hydrogen) atoms. The highest BCUT2D eigenvalue weighted by Crippen LogP contribution is 2.30. The van der Waals surface area contributed by atoms with Gasteiger partial charge in [-0.25, -0.2) is 4.79 Å². The van der Waals surface area contributed by atoms with Crippen molar-refractivity contribution in [2.45, 2.75) is 56.5 Å². The van der Waals surface area contributed by atoms with Crippen LogP contribution in [0.4, 0.5) is 0 Å². The smallest absolute Gasteiger partial charge is 0.332 e. The number of likely N-dealkylation sites (tertiary alicyclic amines) is 1. The predicted molar refractivity (Wildman–Crippen MR) is 86.3 cm³/mol. The summed E-state index contributed by atoms with van der Waals surface area (Å²) >= 11 is 0. The van der Waals surface area contributed by atoms with Gasteiger partial charge in [0.25, 0.3) is 5.91 Å². The second kappa shape index (κ2) is 7.32. The minimum absolute atomic E-state index is 0.0276. The molecule has 2 fully saturated rings. The van der Waals surface area contributed by atoms with Crippen LogP contribution >= 0.6 is 0 Å². The van der Waals surface area contributed by atoms with Crippen molar-refractivity contribution >= 4 is 11.9 Å². The number of aliphatic carboxylic acids is 1. The maximum absolute atomic E-state index is 12.7. The Kier molecular flexibility index (Phi) is 5.16. The molecule has 2 heterocycles. The number of aliphatic hydroxyl groups excluding tert-OH is 1. The van der Waals surface area contributed by atoms with Crippen LogP contribution in [0.5, 0.6) is 0 Å². The number of nitrogens with zero attached hydrogens (tertiary/aromatic N) is 1. The Morgan fingerprint density at radius 3 is 2.54 bits per heavy atom. The fraction of sp³-hybridized carbons (Fsp3) is 0.556. The molecule has 2 aliphatic rings. The van der Waals surface area contributed by atoms with Crippen LogP contribution in [0.2, 0.25) is 0 Å². The summed E-state index contributed by atoms with van der Waals surface area (Å²) in [5, 5.41) is 19.4. The molecule has 3 rings (SSSR count). The monoisotopic (exact) mass is 333 g/mol. The van der Waals surface area contributed by atoms with Crippen molar-refractivity contribution in [1.29, 1.82) is 0 Å². The average Bonchev–Trinajstić information content (AvgIpc) is 3.24. The number of carboxylic acids is 1. The zero-order valence-electron chi connectivity index (χ0n) is 13.5. The zero-order valence-corrected chi connectivity index (χ0v) is 13.5. The van der Waals surface area contributed by atoms with Crippen molar-refractivity contribution in [2.75, 3.05) is 6.54 Å². The minimum atomic E-state index is -1.01. The Balaban J connectivity index is 1.61. The third-order valence-corrected chi connectivity index (χ3v) is 4.91. The molecule has 0 bridgehead atoms. The molecule has 4 atom stereocenters. The summed E-state index contributed by atoms with van der Waals surface area (Å²) in [6.45, 7) is 0.641. The third-order valence-electron chi connectivity index (χ3n) is 4.91. The van der Waals surface area contributed by atoms with Crippen molar-refractivity contribution in [1.82, 2.24) is 4.90 Å². The zero-order chi connectivity index (χ0) is 17.1. The molecule has 2 unspecified atom stereocenters. The molecule has 1 aromatic rings. The van der Waals surface area contributed by atoms with Crippen molar-refractivity contribution in [3.63, 3.8) is 0 Å². The molecule has 0 aliphatic carbocycles. The summed E-state index contributed by atoms with van der Waals surface area (Å²) in [6, 6.07) is 9.40. The second-order valence-corrected chi connectivity index (χ2v) is 6.52. The number of carbonyl (C=O) groups is 2. The van der Waals surface area contributed by atoms with E-state index in [1.165, 1.54) is 0 Å². The Labute approximate surface area is 141 Å². The summed E-state index contributed by atoms with van der Waals surface area (Å²) in [6.07, 6.45) is 0.899. The average molecular weight is 333 g/mol. The number of amides is 1. The molecule has 2 saturated heterocycles. The largest absolute Gasteiger partial charge is 0.479 e. The van der Waals surface area contributed by atoms with E-state index < -0.39 is 24.3 Å². The molecule has 130 valence electrons. The van der Waals surface area contributed by atoms with Gasteiger partial charge in [-0.05, 0) is 37.7 Å². The van der Waals surface area contributed by atoms with E-state index in [-0.39, 0.29) is 11.9 Å². The van der Waals surface area contributed by atoms with E-state index in [9.17, 15) is 14.7 Å². The first kappa shape index (κ1) is 16.9. The van der Waals surface area contributed by atoms with Gasteiger partial charge in [-0.15, -0.1) is 0 Å². The molecular weight excluding hydrogens is 310 g/mol. The van der Waals surface area contributed by atoms with E-state index in [4.69, 9.17) is 9.84 Å². The second-order valence-electron chi connectivity index (χ2n) is 6.52. The van der Waals surface area contributed by atoms with Gasteiger partial charge >= 0.3 is 5.97 Å². The van der Waals surface area contributed by atoms with E-state index in [0.29, 0.717) is 25.8 Å². The normalized spacial score (nSPS) is 28.0. The highest BCUT2D eigenvalue weighted by atomic mass is 16.5. The number of carboxylic acid groups (broad SMARTS) is 1. The molecule has 2 N–H and O–H groups in total. The fourth-order valence-corrected chi connectivity index (χ4v) is 3.63. The molecule has 2 aliphatic heterocycles. The van der Waals surface area contributed by atoms with Crippen LogP contribution in [0, 0.1) is 0 Å². The highest BCUT2D eigenvalue weighted by Gasteiger charge is 2.40. The lowest BCUT2D eigenvalue weighted by Crippen LogP contribution is -2.43. The third kappa shape index (κ3) is 3.60.